The van der Waals surface area contributed by atoms with Gasteiger partial charge in [0.15, 0.2) is 0 Å². The van der Waals surface area contributed by atoms with Crippen LogP contribution in [0.25, 0.3) is 0 Å². The second-order valence-corrected chi connectivity index (χ2v) is 7.13. The van der Waals surface area contributed by atoms with E-state index in [1.165, 1.54) is 0 Å². The molecule has 0 saturated carbocycles. The standard InChI is InChI=1S/3C6H14O2.C6H14O/c1-6(4-7-2)5-8-3;2*1-4-6(8-3)5-7-2;1-4-6(5-2)7-3/h3*6H,4-5H2,1-3H3;6H,4-5H2,1-3H3. The summed E-state index contributed by atoms with van der Waals surface area (Å²) in [6, 6.07) is 0. The van der Waals surface area contributed by atoms with Crippen molar-refractivity contribution in [3.63, 3.8) is 0 Å². The van der Waals surface area contributed by atoms with Gasteiger partial charge in [-0.2, -0.15) is 0 Å². The van der Waals surface area contributed by atoms with Crippen LogP contribution in [0.5, 0.6) is 0 Å². The maximum atomic E-state index is 5.05. The number of hydrogen-bond donors (Lipinski definition) is 0. The summed E-state index contributed by atoms with van der Waals surface area (Å²) < 4.78 is 34.6. The van der Waals surface area contributed by atoms with Crippen molar-refractivity contribution in [2.24, 2.45) is 5.92 Å². The maximum Gasteiger partial charge on any atom is 0.0801 e. The molecule has 0 aromatic heterocycles. The summed E-state index contributed by atoms with van der Waals surface area (Å²) in [6.07, 6.45) is 5.34. The van der Waals surface area contributed by atoms with Crippen molar-refractivity contribution in [1.29, 1.82) is 0 Å². The minimum atomic E-state index is 0.278. The van der Waals surface area contributed by atoms with Gasteiger partial charge in [0.2, 0.25) is 0 Å². The van der Waals surface area contributed by atoms with Crippen LogP contribution in [0.4, 0.5) is 0 Å². The Kier molecular flexibility index (Phi) is 42.1. The Labute approximate surface area is 194 Å². The lowest BCUT2D eigenvalue weighted by atomic mass is 10.2. The Bertz CT molecular complexity index is 243. The highest BCUT2D eigenvalue weighted by molar-refractivity contribution is 4.50. The Balaban J connectivity index is -0.000000157. The number of hydrogen-bond acceptors (Lipinski definition) is 7. The minimum absolute atomic E-state index is 0.278. The van der Waals surface area contributed by atoms with Crippen LogP contribution in [0.3, 0.4) is 0 Å². The molecule has 0 bridgehead atoms. The molecule has 0 rings (SSSR count). The Hall–Kier alpha value is -0.280. The van der Waals surface area contributed by atoms with Crippen molar-refractivity contribution < 1.29 is 33.2 Å². The molecule has 0 fully saturated rings. The molecule has 31 heavy (non-hydrogen) atoms. The smallest absolute Gasteiger partial charge is 0.0801 e. The third-order valence-corrected chi connectivity index (χ3v) is 4.43. The summed E-state index contributed by atoms with van der Waals surface area (Å²) >= 11 is 0. The number of rotatable bonds is 15. The molecule has 2 unspecified atom stereocenters. The summed E-state index contributed by atoms with van der Waals surface area (Å²) in [5, 5.41) is 0. The van der Waals surface area contributed by atoms with Gasteiger partial charge in [0.25, 0.3) is 0 Å². The third kappa shape index (κ3) is 34.5. The molecule has 0 aromatic carbocycles. The summed E-state index contributed by atoms with van der Waals surface area (Å²) in [5.41, 5.74) is 0. The third-order valence-electron chi connectivity index (χ3n) is 4.43. The topological polar surface area (TPSA) is 64.6 Å². The largest absolute Gasteiger partial charge is 0.384 e. The van der Waals surface area contributed by atoms with E-state index in [1.807, 2.05) is 0 Å². The highest BCUT2D eigenvalue weighted by Gasteiger charge is 2.01. The van der Waals surface area contributed by atoms with E-state index in [-0.39, 0.29) is 12.2 Å². The summed E-state index contributed by atoms with van der Waals surface area (Å²) in [7, 11) is 11.9. The fourth-order valence-corrected chi connectivity index (χ4v) is 2.32. The first-order valence-electron chi connectivity index (χ1n) is 11.4. The van der Waals surface area contributed by atoms with Gasteiger partial charge in [0, 0.05) is 55.7 Å². The molecule has 0 amide bonds. The van der Waals surface area contributed by atoms with Gasteiger partial charge in [-0.3, -0.25) is 0 Å². The zero-order valence-corrected chi connectivity index (χ0v) is 22.8. The lowest BCUT2D eigenvalue weighted by Crippen LogP contribution is -2.15. The fourth-order valence-electron chi connectivity index (χ4n) is 2.32. The Morgan fingerprint density at radius 2 is 0.677 bits per heavy atom. The van der Waals surface area contributed by atoms with Crippen LogP contribution in [0.2, 0.25) is 0 Å². The molecule has 0 spiro atoms. The van der Waals surface area contributed by atoms with Gasteiger partial charge in [0.05, 0.1) is 44.7 Å². The van der Waals surface area contributed by atoms with Crippen LogP contribution in [-0.4, -0.2) is 94.5 Å². The Morgan fingerprint density at radius 1 is 0.419 bits per heavy atom. The molecule has 194 valence electrons. The molecule has 0 radical (unpaired) electrons. The van der Waals surface area contributed by atoms with Crippen LogP contribution in [0, 0.1) is 5.92 Å². The van der Waals surface area contributed by atoms with E-state index in [0.29, 0.717) is 25.2 Å². The number of methoxy groups -OCH3 is 7. The predicted octanol–water partition coefficient (Wildman–Crippen LogP) is 4.85. The molecular formula is C24H56O7. The monoisotopic (exact) mass is 456 g/mol. The minimum Gasteiger partial charge on any atom is -0.384 e. The second-order valence-electron chi connectivity index (χ2n) is 7.13. The fraction of sp³-hybridized carbons (Fsp3) is 1.00. The van der Waals surface area contributed by atoms with Crippen LogP contribution < -0.4 is 0 Å². The molecule has 0 aromatic rings. The SMILES string of the molecule is CCC(CC)OC.CCC(COC)OC.CCC(COC)OC.COCC(C)COC. The van der Waals surface area contributed by atoms with Crippen molar-refractivity contribution in [2.75, 3.05) is 76.2 Å². The van der Waals surface area contributed by atoms with Crippen molar-refractivity contribution in [3.8, 4) is 0 Å². The normalized spacial score (nSPS) is 12.2. The predicted molar refractivity (Wildman–Crippen MR) is 130 cm³/mol. The first kappa shape index (κ1) is 38.0. The van der Waals surface area contributed by atoms with Crippen molar-refractivity contribution in [2.45, 2.75) is 78.6 Å². The lowest BCUT2D eigenvalue weighted by molar-refractivity contribution is 0.0265. The van der Waals surface area contributed by atoms with Gasteiger partial charge in [-0.25, -0.2) is 0 Å². The summed E-state index contributed by atoms with van der Waals surface area (Å²) in [6.45, 7) is 13.5. The zero-order valence-electron chi connectivity index (χ0n) is 22.8. The highest BCUT2D eigenvalue weighted by atomic mass is 16.5. The molecule has 7 heteroatoms. The van der Waals surface area contributed by atoms with E-state index >= 15 is 0 Å². The number of ether oxygens (including phenoxy) is 7. The van der Waals surface area contributed by atoms with Crippen LogP contribution >= 0.6 is 0 Å². The van der Waals surface area contributed by atoms with Crippen molar-refractivity contribution in [1.82, 2.24) is 0 Å². The van der Waals surface area contributed by atoms with Gasteiger partial charge in [-0.15, -0.1) is 0 Å². The quantitative estimate of drug-likeness (QED) is 0.349. The second kappa shape index (κ2) is 34.3. The molecule has 0 heterocycles. The van der Waals surface area contributed by atoms with Crippen LogP contribution in [0.1, 0.15) is 60.3 Å². The summed E-state index contributed by atoms with van der Waals surface area (Å²) in [4.78, 5) is 0. The molecule has 0 aliphatic rings. The van der Waals surface area contributed by atoms with Gasteiger partial charge in [-0.05, 0) is 25.7 Å². The van der Waals surface area contributed by atoms with E-state index in [1.54, 1.807) is 49.8 Å². The van der Waals surface area contributed by atoms with Gasteiger partial charge in [-0.1, -0.05) is 34.6 Å². The molecular weight excluding hydrogens is 400 g/mol. The van der Waals surface area contributed by atoms with E-state index < -0.39 is 0 Å². The van der Waals surface area contributed by atoms with Gasteiger partial charge in [0.1, 0.15) is 0 Å². The summed E-state index contributed by atoms with van der Waals surface area (Å²) in [5.74, 6) is 0.519. The zero-order chi connectivity index (χ0) is 24.9. The van der Waals surface area contributed by atoms with E-state index in [4.69, 9.17) is 33.2 Å². The molecule has 0 aliphatic carbocycles. The molecule has 0 saturated heterocycles. The van der Waals surface area contributed by atoms with E-state index in [9.17, 15) is 0 Å². The highest BCUT2D eigenvalue weighted by Crippen LogP contribution is 1.98. The van der Waals surface area contributed by atoms with Crippen molar-refractivity contribution >= 4 is 0 Å². The maximum absolute atomic E-state index is 5.05. The van der Waals surface area contributed by atoms with Gasteiger partial charge < -0.3 is 33.2 Å². The first-order chi connectivity index (χ1) is 14.8. The lowest BCUT2D eigenvalue weighted by Gasteiger charge is -2.09. The molecule has 0 N–H and O–H groups in total. The van der Waals surface area contributed by atoms with Gasteiger partial charge >= 0.3 is 0 Å². The van der Waals surface area contributed by atoms with Crippen LogP contribution in [-0.2, 0) is 33.2 Å². The molecule has 0 aliphatic heterocycles. The van der Waals surface area contributed by atoms with E-state index in [0.717, 1.165) is 38.9 Å². The molecule has 7 nitrogen and oxygen atoms in total. The molecule has 2 atom stereocenters. The van der Waals surface area contributed by atoms with E-state index in [2.05, 4.69) is 34.6 Å². The average Bonchev–Trinajstić information content (AvgIpc) is 2.78. The van der Waals surface area contributed by atoms with Crippen LogP contribution in [0.15, 0.2) is 0 Å². The Morgan fingerprint density at radius 3 is 0.774 bits per heavy atom. The van der Waals surface area contributed by atoms with Crippen molar-refractivity contribution in [3.05, 3.63) is 0 Å². The first-order valence-corrected chi connectivity index (χ1v) is 11.4. The average molecular weight is 457 g/mol.